The second-order valence-corrected chi connectivity index (χ2v) is 7.94. The van der Waals surface area contributed by atoms with E-state index in [1.807, 2.05) is 26.0 Å². The van der Waals surface area contributed by atoms with Crippen LogP contribution in [0.25, 0.3) is 0 Å². The number of rotatable bonds is 8. The van der Waals surface area contributed by atoms with E-state index in [0.29, 0.717) is 41.7 Å². The van der Waals surface area contributed by atoms with E-state index in [1.54, 1.807) is 24.3 Å². The van der Waals surface area contributed by atoms with Crippen LogP contribution in [0.2, 0.25) is 0 Å². The summed E-state index contributed by atoms with van der Waals surface area (Å²) in [6.07, 6.45) is 0. The number of alkyl halides is 1. The van der Waals surface area contributed by atoms with Gasteiger partial charge in [0.15, 0.2) is 0 Å². The monoisotopic (exact) mass is 432 g/mol. The topological polar surface area (TPSA) is 76.7 Å². The van der Waals surface area contributed by atoms with Gasteiger partial charge in [-0.2, -0.15) is 0 Å². The lowest BCUT2D eigenvalue weighted by Gasteiger charge is -2.19. The molecule has 0 aromatic heterocycles. The van der Waals surface area contributed by atoms with Crippen LogP contribution in [0.1, 0.15) is 50.5 Å². The predicted molar refractivity (Wildman–Crippen MR) is 121 cm³/mol. The summed E-state index contributed by atoms with van der Waals surface area (Å²) in [5, 5.41) is 5.57. The van der Waals surface area contributed by atoms with Crippen molar-refractivity contribution in [2.75, 3.05) is 29.7 Å². The fourth-order valence-corrected chi connectivity index (χ4v) is 2.87. The number of amides is 2. The van der Waals surface area contributed by atoms with Gasteiger partial charge in [-0.15, -0.1) is 11.6 Å². The summed E-state index contributed by atoms with van der Waals surface area (Å²) < 4.78 is 11.3. The summed E-state index contributed by atoms with van der Waals surface area (Å²) in [6.45, 7) is 10.8. The molecule has 0 radical (unpaired) electrons. The molecule has 162 valence electrons. The van der Waals surface area contributed by atoms with Crippen molar-refractivity contribution in [1.29, 1.82) is 0 Å². The molecular weight excluding hydrogens is 404 g/mol. The number of nitrogens with one attached hydrogen (secondary N) is 2. The van der Waals surface area contributed by atoms with Gasteiger partial charge < -0.3 is 20.1 Å². The Balaban J connectivity index is 2.35. The molecule has 0 saturated heterocycles. The Morgan fingerprint density at radius 1 is 0.900 bits per heavy atom. The van der Waals surface area contributed by atoms with Crippen molar-refractivity contribution in [3.05, 3.63) is 47.5 Å². The zero-order chi connectivity index (χ0) is 22.3. The average Bonchev–Trinajstić information content (AvgIpc) is 2.70. The summed E-state index contributed by atoms with van der Waals surface area (Å²) in [5.41, 5.74) is 2.56. The number of ether oxygens (including phenoxy) is 2. The molecule has 2 rings (SSSR count). The molecule has 0 heterocycles. The third kappa shape index (κ3) is 6.13. The van der Waals surface area contributed by atoms with E-state index in [4.69, 9.17) is 21.1 Å². The van der Waals surface area contributed by atoms with Crippen LogP contribution in [0.15, 0.2) is 36.4 Å². The Kier molecular flexibility index (Phi) is 8.12. The Morgan fingerprint density at radius 3 is 1.83 bits per heavy atom. The van der Waals surface area contributed by atoms with Gasteiger partial charge in [0, 0.05) is 17.7 Å². The van der Waals surface area contributed by atoms with Crippen LogP contribution in [0.3, 0.4) is 0 Å². The second-order valence-electron chi connectivity index (χ2n) is 7.67. The first-order valence-electron chi connectivity index (χ1n) is 9.90. The molecule has 0 bridgehead atoms. The summed E-state index contributed by atoms with van der Waals surface area (Å²) in [6, 6.07) is 10.8. The largest absolute Gasteiger partial charge is 0.492 e. The average molecular weight is 433 g/mol. The summed E-state index contributed by atoms with van der Waals surface area (Å²) in [7, 11) is 0. The maximum atomic E-state index is 12.8. The fraction of sp³-hybridized carbons (Fsp3) is 0.391. The molecule has 2 aromatic rings. The number of benzene rings is 2. The highest BCUT2D eigenvalue weighted by Crippen LogP contribution is 2.37. The molecule has 0 saturated carbocycles. The number of carbonyl (C=O) groups excluding carboxylic acids is 2. The van der Waals surface area contributed by atoms with Crippen molar-refractivity contribution in [2.24, 2.45) is 0 Å². The minimum Gasteiger partial charge on any atom is -0.492 e. The van der Waals surface area contributed by atoms with Gasteiger partial charge in [-0.05, 0) is 37.0 Å². The molecule has 0 fully saturated rings. The van der Waals surface area contributed by atoms with Crippen molar-refractivity contribution >= 4 is 34.8 Å². The molecule has 2 aromatic carbocycles. The van der Waals surface area contributed by atoms with Gasteiger partial charge in [-0.3, -0.25) is 9.59 Å². The fourth-order valence-electron chi connectivity index (χ4n) is 2.80. The van der Waals surface area contributed by atoms with Crippen LogP contribution in [0, 0.1) is 0 Å². The van der Waals surface area contributed by atoms with Gasteiger partial charge in [-0.1, -0.05) is 32.9 Å². The first-order chi connectivity index (χ1) is 14.2. The smallest absolute Gasteiger partial charge is 0.255 e. The number of carbonyl (C=O) groups is 2. The first kappa shape index (κ1) is 23.5. The lowest BCUT2D eigenvalue weighted by Crippen LogP contribution is -2.16. The molecule has 0 spiro atoms. The molecule has 7 heteroatoms. The summed E-state index contributed by atoms with van der Waals surface area (Å²) in [4.78, 5) is 24.6. The predicted octanol–water partition coefficient (Wildman–Crippen LogP) is 5.21. The first-order valence-corrected chi connectivity index (χ1v) is 10.4. The van der Waals surface area contributed by atoms with Crippen molar-refractivity contribution in [3.8, 4) is 11.5 Å². The van der Waals surface area contributed by atoms with Gasteiger partial charge in [-0.25, -0.2) is 0 Å². The van der Waals surface area contributed by atoms with E-state index in [-0.39, 0.29) is 23.1 Å². The Bertz CT molecular complexity index is 889. The van der Waals surface area contributed by atoms with Crippen LogP contribution in [-0.2, 0) is 10.2 Å². The molecule has 2 amide bonds. The molecule has 30 heavy (non-hydrogen) atoms. The van der Waals surface area contributed by atoms with E-state index in [1.165, 1.54) is 0 Å². The van der Waals surface area contributed by atoms with Gasteiger partial charge in [0.1, 0.15) is 17.4 Å². The lowest BCUT2D eigenvalue weighted by molar-refractivity contribution is -0.113. The van der Waals surface area contributed by atoms with Crippen molar-refractivity contribution in [3.63, 3.8) is 0 Å². The van der Waals surface area contributed by atoms with E-state index in [9.17, 15) is 9.59 Å². The SMILES string of the molecule is CCOc1cc(NC(=O)c2ccc(C(C)(C)C)cc2)c(OCC)cc1NC(=O)CCl. The molecule has 6 nitrogen and oxygen atoms in total. The van der Waals surface area contributed by atoms with E-state index in [2.05, 4.69) is 31.4 Å². The molecule has 2 N–H and O–H groups in total. The van der Waals surface area contributed by atoms with Crippen LogP contribution >= 0.6 is 11.6 Å². The minimum absolute atomic E-state index is 0.00678. The van der Waals surface area contributed by atoms with Crippen LogP contribution in [0.4, 0.5) is 11.4 Å². The highest BCUT2D eigenvalue weighted by Gasteiger charge is 2.18. The summed E-state index contributed by atoms with van der Waals surface area (Å²) in [5.74, 6) is 0.0222. The Hall–Kier alpha value is -2.73. The van der Waals surface area contributed by atoms with Crippen LogP contribution in [0.5, 0.6) is 11.5 Å². The molecule has 0 unspecified atom stereocenters. The highest BCUT2D eigenvalue weighted by atomic mass is 35.5. The minimum atomic E-state index is -0.365. The van der Waals surface area contributed by atoms with E-state index >= 15 is 0 Å². The second kappa shape index (κ2) is 10.3. The van der Waals surface area contributed by atoms with Gasteiger partial charge >= 0.3 is 0 Å². The zero-order valence-corrected chi connectivity index (χ0v) is 18.9. The molecular formula is C23H29ClN2O4. The maximum absolute atomic E-state index is 12.8. The number of hydrogen-bond donors (Lipinski definition) is 2. The Morgan fingerprint density at radius 2 is 1.40 bits per heavy atom. The van der Waals surface area contributed by atoms with Gasteiger partial charge in [0.25, 0.3) is 5.91 Å². The third-order valence-electron chi connectivity index (χ3n) is 4.34. The summed E-state index contributed by atoms with van der Waals surface area (Å²) >= 11 is 5.60. The molecule has 0 aliphatic heterocycles. The normalized spacial score (nSPS) is 11.0. The molecule has 0 aliphatic rings. The maximum Gasteiger partial charge on any atom is 0.255 e. The van der Waals surface area contributed by atoms with E-state index in [0.717, 1.165) is 5.56 Å². The zero-order valence-electron chi connectivity index (χ0n) is 18.1. The number of hydrogen-bond acceptors (Lipinski definition) is 4. The number of halogens is 1. The third-order valence-corrected chi connectivity index (χ3v) is 4.58. The van der Waals surface area contributed by atoms with Gasteiger partial charge in [0.2, 0.25) is 5.91 Å². The Labute approximate surface area is 182 Å². The van der Waals surface area contributed by atoms with Crippen LogP contribution in [-0.4, -0.2) is 30.9 Å². The highest BCUT2D eigenvalue weighted by molar-refractivity contribution is 6.29. The van der Waals surface area contributed by atoms with Crippen LogP contribution < -0.4 is 20.1 Å². The van der Waals surface area contributed by atoms with Crippen molar-refractivity contribution in [1.82, 2.24) is 0 Å². The molecule has 0 aliphatic carbocycles. The van der Waals surface area contributed by atoms with Crippen molar-refractivity contribution < 1.29 is 19.1 Å². The number of anilines is 2. The quantitative estimate of drug-likeness (QED) is 0.561. The van der Waals surface area contributed by atoms with Gasteiger partial charge in [0.05, 0.1) is 24.6 Å². The van der Waals surface area contributed by atoms with Crippen molar-refractivity contribution in [2.45, 2.75) is 40.0 Å². The molecule has 0 atom stereocenters. The lowest BCUT2D eigenvalue weighted by atomic mass is 9.87. The van der Waals surface area contributed by atoms with E-state index < -0.39 is 0 Å². The standard InChI is InChI=1S/C23H29ClN2O4/c1-6-29-19-13-18(20(30-7-2)12-17(19)25-21(27)14-24)26-22(28)15-8-10-16(11-9-15)23(3,4)5/h8-13H,6-7,14H2,1-5H3,(H,25,27)(H,26,28).